The van der Waals surface area contributed by atoms with Gasteiger partial charge in [0, 0.05) is 25.7 Å². The minimum atomic E-state index is 0. The van der Waals surface area contributed by atoms with Crippen LogP contribution >= 0.6 is 12.4 Å². The Morgan fingerprint density at radius 1 is 1.27 bits per heavy atom. The van der Waals surface area contributed by atoms with Crippen LogP contribution in [0.25, 0.3) is 10.8 Å². The zero-order valence-electron chi connectivity index (χ0n) is 12.6. The monoisotopic (exact) mass is 320 g/mol. The first kappa shape index (κ1) is 16.6. The van der Waals surface area contributed by atoms with Crippen molar-refractivity contribution in [2.45, 2.75) is 13.0 Å². The van der Waals surface area contributed by atoms with Crippen LogP contribution in [0.15, 0.2) is 42.5 Å². The zero-order valence-corrected chi connectivity index (χ0v) is 13.4. The second kappa shape index (κ2) is 7.47. The highest BCUT2D eigenvalue weighted by Gasteiger charge is 2.23. The maximum absolute atomic E-state index is 12.2. The summed E-state index contributed by atoms with van der Waals surface area (Å²) in [6.45, 7) is 4.61. The van der Waals surface area contributed by atoms with E-state index in [1.807, 2.05) is 41.3 Å². The molecule has 0 spiro atoms. The summed E-state index contributed by atoms with van der Waals surface area (Å²) in [5.74, 6) is 0.794. The standard InChI is InChI=1S/C17H20N2O2.ClH/c1-13-11-18-8-9-19(13)17(20)12-21-16-7-6-14-4-2-3-5-15(14)10-16;/h2-7,10,13,18H,8-9,11-12H2,1H3;1H/t13-;/m1./s1. The Kier molecular flexibility index (Phi) is 5.63. The van der Waals surface area contributed by atoms with Gasteiger partial charge < -0.3 is 15.0 Å². The molecule has 0 bridgehead atoms. The Labute approximate surface area is 136 Å². The number of carbonyl (C=O) groups excluding carboxylic acids is 1. The maximum Gasteiger partial charge on any atom is 0.260 e. The van der Waals surface area contributed by atoms with Crippen LogP contribution in [-0.2, 0) is 4.79 Å². The number of hydrogen-bond donors (Lipinski definition) is 1. The van der Waals surface area contributed by atoms with Gasteiger partial charge in [-0.3, -0.25) is 4.79 Å². The van der Waals surface area contributed by atoms with Gasteiger partial charge in [-0.2, -0.15) is 0 Å². The fourth-order valence-corrected chi connectivity index (χ4v) is 2.70. The van der Waals surface area contributed by atoms with Crippen LogP contribution in [0.4, 0.5) is 0 Å². The van der Waals surface area contributed by atoms with E-state index in [-0.39, 0.29) is 31.0 Å². The largest absolute Gasteiger partial charge is 0.484 e. The van der Waals surface area contributed by atoms with Gasteiger partial charge in [0.25, 0.3) is 5.91 Å². The molecule has 3 rings (SSSR count). The highest BCUT2D eigenvalue weighted by molar-refractivity contribution is 5.85. The molecule has 0 aromatic heterocycles. The molecule has 22 heavy (non-hydrogen) atoms. The molecule has 0 aliphatic carbocycles. The molecule has 1 saturated heterocycles. The highest BCUT2D eigenvalue weighted by Crippen LogP contribution is 2.20. The molecule has 1 fully saturated rings. The topological polar surface area (TPSA) is 41.6 Å². The summed E-state index contributed by atoms with van der Waals surface area (Å²) in [5, 5.41) is 5.57. The molecule has 1 aliphatic heterocycles. The number of nitrogens with one attached hydrogen (secondary N) is 1. The van der Waals surface area contributed by atoms with Crippen LogP contribution in [0.3, 0.4) is 0 Å². The highest BCUT2D eigenvalue weighted by atomic mass is 35.5. The number of rotatable bonds is 3. The van der Waals surface area contributed by atoms with E-state index in [1.165, 1.54) is 5.39 Å². The van der Waals surface area contributed by atoms with E-state index >= 15 is 0 Å². The molecule has 1 aliphatic rings. The van der Waals surface area contributed by atoms with Crippen molar-refractivity contribution < 1.29 is 9.53 Å². The number of benzene rings is 2. The number of carbonyl (C=O) groups is 1. The Morgan fingerprint density at radius 3 is 2.82 bits per heavy atom. The average molecular weight is 321 g/mol. The van der Waals surface area contributed by atoms with Crippen molar-refractivity contribution in [2.75, 3.05) is 26.2 Å². The summed E-state index contributed by atoms with van der Waals surface area (Å²) in [5.41, 5.74) is 0. The lowest BCUT2D eigenvalue weighted by molar-refractivity contribution is -0.136. The number of fused-ring (bicyclic) bond motifs is 1. The maximum atomic E-state index is 12.2. The van der Waals surface area contributed by atoms with Crippen molar-refractivity contribution in [2.24, 2.45) is 0 Å². The van der Waals surface area contributed by atoms with E-state index in [4.69, 9.17) is 4.74 Å². The Hall–Kier alpha value is -1.78. The number of piperazine rings is 1. The zero-order chi connectivity index (χ0) is 14.7. The number of halogens is 1. The summed E-state index contributed by atoms with van der Waals surface area (Å²) in [6.07, 6.45) is 0. The minimum absolute atomic E-state index is 0. The van der Waals surface area contributed by atoms with E-state index in [0.29, 0.717) is 0 Å². The molecule has 2 aromatic carbocycles. The smallest absolute Gasteiger partial charge is 0.260 e. The lowest BCUT2D eigenvalue weighted by Gasteiger charge is -2.33. The second-order valence-electron chi connectivity index (χ2n) is 5.44. The molecule has 1 heterocycles. The van der Waals surface area contributed by atoms with Gasteiger partial charge in [0.1, 0.15) is 5.75 Å². The third-order valence-electron chi connectivity index (χ3n) is 3.90. The van der Waals surface area contributed by atoms with Gasteiger partial charge in [-0.1, -0.05) is 30.3 Å². The fraction of sp³-hybridized carbons (Fsp3) is 0.353. The van der Waals surface area contributed by atoms with Crippen LogP contribution in [0.1, 0.15) is 6.92 Å². The molecule has 1 N–H and O–H groups in total. The number of amides is 1. The van der Waals surface area contributed by atoms with E-state index in [2.05, 4.69) is 18.3 Å². The van der Waals surface area contributed by atoms with Gasteiger partial charge in [0.15, 0.2) is 6.61 Å². The number of nitrogens with zero attached hydrogens (tertiary/aromatic N) is 1. The predicted octanol–water partition coefficient (Wildman–Crippen LogP) is 2.46. The molecular weight excluding hydrogens is 300 g/mol. The average Bonchev–Trinajstić information content (AvgIpc) is 2.53. The Balaban J connectivity index is 0.00000176. The molecule has 1 atom stereocenters. The van der Waals surface area contributed by atoms with Crippen molar-refractivity contribution in [1.29, 1.82) is 0 Å². The summed E-state index contributed by atoms with van der Waals surface area (Å²) in [4.78, 5) is 14.1. The lowest BCUT2D eigenvalue weighted by Crippen LogP contribution is -2.53. The molecule has 1 amide bonds. The molecule has 5 heteroatoms. The summed E-state index contributed by atoms with van der Waals surface area (Å²) < 4.78 is 5.67. The van der Waals surface area contributed by atoms with Crippen LogP contribution in [0.2, 0.25) is 0 Å². The van der Waals surface area contributed by atoms with E-state index in [9.17, 15) is 4.79 Å². The molecule has 0 radical (unpaired) electrons. The van der Waals surface area contributed by atoms with Crippen molar-refractivity contribution in [1.82, 2.24) is 10.2 Å². The van der Waals surface area contributed by atoms with Crippen LogP contribution in [-0.4, -0.2) is 43.1 Å². The molecule has 0 unspecified atom stereocenters. The SMILES string of the molecule is C[C@@H]1CNCCN1C(=O)COc1ccc2ccccc2c1.Cl. The first-order valence-electron chi connectivity index (χ1n) is 7.36. The van der Waals surface area contributed by atoms with Gasteiger partial charge in [-0.15, -0.1) is 12.4 Å². The summed E-state index contributed by atoms with van der Waals surface area (Å²) in [6, 6.07) is 14.3. The molecule has 118 valence electrons. The van der Waals surface area contributed by atoms with Gasteiger partial charge in [-0.05, 0) is 29.8 Å². The molecule has 2 aromatic rings. The van der Waals surface area contributed by atoms with Gasteiger partial charge in [-0.25, -0.2) is 0 Å². The number of ether oxygens (including phenoxy) is 1. The van der Waals surface area contributed by atoms with Gasteiger partial charge in [0.2, 0.25) is 0 Å². The van der Waals surface area contributed by atoms with Crippen molar-refractivity contribution in [3.8, 4) is 5.75 Å². The lowest BCUT2D eigenvalue weighted by atomic mass is 10.1. The summed E-state index contributed by atoms with van der Waals surface area (Å²) >= 11 is 0. The van der Waals surface area contributed by atoms with Gasteiger partial charge in [0.05, 0.1) is 0 Å². The van der Waals surface area contributed by atoms with Crippen LogP contribution in [0, 0.1) is 0 Å². The Bertz CT molecular complexity index is 647. The van der Waals surface area contributed by atoms with Crippen LogP contribution < -0.4 is 10.1 Å². The minimum Gasteiger partial charge on any atom is -0.484 e. The second-order valence-corrected chi connectivity index (χ2v) is 5.44. The first-order chi connectivity index (χ1) is 10.2. The Morgan fingerprint density at radius 2 is 2.05 bits per heavy atom. The third kappa shape index (κ3) is 3.70. The fourth-order valence-electron chi connectivity index (χ4n) is 2.70. The van der Waals surface area contributed by atoms with Gasteiger partial charge >= 0.3 is 0 Å². The molecule has 0 saturated carbocycles. The van der Waals surface area contributed by atoms with Crippen molar-refractivity contribution >= 4 is 29.1 Å². The van der Waals surface area contributed by atoms with E-state index in [1.54, 1.807) is 0 Å². The number of hydrogen-bond acceptors (Lipinski definition) is 3. The quantitative estimate of drug-likeness (QED) is 0.944. The summed E-state index contributed by atoms with van der Waals surface area (Å²) in [7, 11) is 0. The predicted molar refractivity (Wildman–Crippen MR) is 90.7 cm³/mol. The molecular formula is C17H21ClN2O2. The van der Waals surface area contributed by atoms with Crippen molar-refractivity contribution in [3.63, 3.8) is 0 Å². The van der Waals surface area contributed by atoms with Crippen molar-refractivity contribution in [3.05, 3.63) is 42.5 Å². The van der Waals surface area contributed by atoms with Crippen LogP contribution in [0.5, 0.6) is 5.75 Å². The normalized spacial score (nSPS) is 17.9. The molecule has 4 nitrogen and oxygen atoms in total. The van der Waals surface area contributed by atoms with E-state index < -0.39 is 0 Å². The first-order valence-corrected chi connectivity index (χ1v) is 7.36. The van der Waals surface area contributed by atoms with E-state index in [0.717, 1.165) is 30.8 Å². The third-order valence-corrected chi connectivity index (χ3v) is 3.90.